The Kier molecular flexibility index (Phi) is 5.55. The zero-order valence-electron chi connectivity index (χ0n) is 15.7. The van der Waals surface area contributed by atoms with Crippen LogP contribution >= 0.6 is 11.3 Å². The number of ether oxygens (including phenoxy) is 1. The summed E-state index contributed by atoms with van der Waals surface area (Å²) in [6.45, 7) is 5.32. The maximum atomic E-state index is 12.4. The first-order valence-corrected chi connectivity index (χ1v) is 10.4. The van der Waals surface area contributed by atoms with Crippen molar-refractivity contribution in [3.63, 3.8) is 0 Å². The lowest BCUT2D eigenvalue weighted by molar-refractivity contribution is 0.0959. The highest BCUT2D eigenvalue weighted by Gasteiger charge is 2.17. The van der Waals surface area contributed by atoms with Gasteiger partial charge in [-0.05, 0) is 61.9 Å². The molecule has 0 atom stereocenters. The van der Waals surface area contributed by atoms with Crippen LogP contribution in [0.15, 0.2) is 35.4 Å². The minimum absolute atomic E-state index is 0.112. The molecule has 1 aromatic carbocycles. The predicted octanol–water partition coefficient (Wildman–Crippen LogP) is 3.62. The molecular weight excluding hydrogens is 358 g/mol. The molecule has 0 saturated carbocycles. The molecule has 2 aliphatic rings. The summed E-state index contributed by atoms with van der Waals surface area (Å²) in [7, 11) is 0. The monoisotopic (exact) mass is 383 g/mol. The van der Waals surface area contributed by atoms with E-state index in [4.69, 9.17) is 4.74 Å². The Labute approximate surface area is 164 Å². The van der Waals surface area contributed by atoms with Gasteiger partial charge in [-0.1, -0.05) is 12.1 Å². The SMILES string of the molecule is C/C(=N\NC(=O)c1cc2c(s1)CCCC2)c1ccc(N2CCOCC2)cc1. The maximum absolute atomic E-state index is 12.4. The summed E-state index contributed by atoms with van der Waals surface area (Å²) in [5, 5.41) is 4.31. The molecule has 1 amide bonds. The Bertz CT molecular complexity index is 812. The average molecular weight is 384 g/mol. The summed E-state index contributed by atoms with van der Waals surface area (Å²) in [5.41, 5.74) is 7.07. The molecule has 0 unspecified atom stereocenters. The highest BCUT2D eigenvalue weighted by molar-refractivity contribution is 7.14. The minimum Gasteiger partial charge on any atom is -0.378 e. The van der Waals surface area contributed by atoms with Crippen LogP contribution in [0.1, 0.15) is 45.4 Å². The second kappa shape index (κ2) is 8.23. The summed E-state index contributed by atoms with van der Waals surface area (Å²) >= 11 is 1.61. The number of anilines is 1. The molecule has 1 N–H and O–H groups in total. The van der Waals surface area contributed by atoms with Gasteiger partial charge in [-0.25, -0.2) is 5.43 Å². The number of amides is 1. The molecule has 1 aliphatic carbocycles. The third kappa shape index (κ3) is 4.22. The number of aryl methyl sites for hydroxylation is 2. The molecule has 1 aliphatic heterocycles. The van der Waals surface area contributed by atoms with Gasteiger partial charge in [0.05, 0.1) is 23.8 Å². The van der Waals surface area contributed by atoms with Crippen LogP contribution in [-0.4, -0.2) is 37.9 Å². The summed E-state index contributed by atoms with van der Waals surface area (Å²) < 4.78 is 5.40. The number of benzene rings is 1. The number of hydrazone groups is 1. The lowest BCUT2D eigenvalue weighted by Crippen LogP contribution is -2.36. The lowest BCUT2D eigenvalue weighted by Gasteiger charge is -2.28. The molecule has 2 heterocycles. The van der Waals surface area contributed by atoms with Crippen molar-refractivity contribution in [2.24, 2.45) is 5.10 Å². The van der Waals surface area contributed by atoms with Crippen molar-refractivity contribution >= 4 is 28.6 Å². The Morgan fingerprint density at radius 3 is 2.63 bits per heavy atom. The highest BCUT2D eigenvalue weighted by atomic mass is 32.1. The van der Waals surface area contributed by atoms with E-state index in [1.54, 1.807) is 11.3 Å². The molecule has 2 aromatic rings. The van der Waals surface area contributed by atoms with E-state index in [1.807, 2.05) is 13.0 Å². The van der Waals surface area contributed by atoms with Gasteiger partial charge >= 0.3 is 0 Å². The topological polar surface area (TPSA) is 53.9 Å². The quantitative estimate of drug-likeness (QED) is 0.648. The Morgan fingerprint density at radius 1 is 1.15 bits per heavy atom. The largest absolute Gasteiger partial charge is 0.378 e. The molecule has 1 aromatic heterocycles. The van der Waals surface area contributed by atoms with Crippen molar-refractivity contribution in [3.05, 3.63) is 51.2 Å². The fourth-order valence-electron chi connectivity index (χ4n) is 3.59. The van der Waals surface area contributed by atoms with Gasteiger partial charge in [0.15, 0.2) is 0 Å². The van der Waals surface area contributed by atoms with Crippen molar-refractivity contribution in [1.82, 2.24) is 5.43 Å². The number of fused-ring (bicyclic) bond motifs is 1. The molecular formula is C21H25N3O2S. The van der Waals surface area contributed by atoms with Gasteiger partial charge in [-0.2, -0.15) is 5.10 Å². The smallest absolute Gasteiger partial charge is 0.281 e. The Balaban J connectivity index is 1.39. The molecule has 6 heteroatoms. The molecule has 1 fully saturated rings. The number of morpholine rings is 1. The van der Waals surface area contributed by atoms with Crippen LogP contribution in [0.3, 0.4) is 0 Å². The van der Waals surface area contributed by atoms with Crippen LogP contribution in [-0.2, 0) is 17.6 Å². The van der Waals surface area contributed by atoms with Crippen molar-refractivity contribution in [2.75, 3.05) is 31.2 Å². The van der Waals surface area contributed by atoms with E-state index in [1.165, 1.54) is 29.0 Å². The van der Waals surface area contributed by atoms with Gasteiger partial charge in [-0.3, -0.25) is 4.79 Å². The molecule has 1 saturated heterocycles. The number of hydrogen-bond acceptors (Lipinski definition) is 5. The van der Waals surface area contributed by atoms with Crippen LogP contribution in [0.25, 0.3) is 0 Å². The first-order chi connectivity index (χ1) is 13.2. The van der Waals surface area contributed by atoms with E-state index in [9.17, 15) is 4.79 Å². The summed E-state index contributed by atoms with van der Waals surface area (Å²) in [4.78, 5) is 16.9. The van der Waals surface area contributed by atoms with Crippen molar-refractivity contribution in [2.45, 2.75) is 32.6 Å². The number of nitrogens with zero attached hydrogens (tertiary/aromatic N) is 2. The van der Waals surface area contributed by atoms with Crippen LogP contribution in [0.2, 0.25) is 0 Å². The lowest BCUT2D eigenvalue weighted by atomic mass is 9.99. The van der Waals surface area contributed by atoms with E-state index >= 15 is 0 Å². The number of hydrogen-bond donors (Lipinski definition) is 1. The zero-order chi connectivity index (χ0) is 18.6. The molecule has 5 nitrogen and oxygen atoms in total. The van der Waals surface area contributed by atoms with Gasteiger partial charge in [0.25, 0.3) is 5.91 Å². The van der Waals surface area contributed by atoms with Crippen LogP contribution < -0.4 is 10.3 Å². The summed E-state index contributed by atoms with van der Waals surface area (Å²) in [6, 6.07) is 10.4. The van der Waals surface area contributed by atoms with Gasteiger partial charge < -0.3 is 9.64 Å². The van der Waals surface area contributed by atoms with Gasteiger partial charge in [-0.15, -0.1) is 11.3 Å². The van der Waals surface area contributed by atoms with Crippen LogP contribution in [0.5, 0.6) is 0 Å². The van der Waals surface area contributed by atoms with Crippen molar-refractivity contribution < 1.29 is 9.53 Å². The van der Waals surface area contributed by atoms with E-state index in [0.29, 0.717) is 0 Å². The van der Waals surface area contributed by atoms with Crippen molar-refractivity contribution in [1.29, 1.82) is 0 Å². The maximum Gasteiger partial charge on any atom is 0.281 e. The number of carbonyl (C=O) groups is 1. The van der Waals surface area contributed by atoms with E-state index in [2.05, 4.69) is 39.7 Å². The van der Waals surface area contributed by atoms with Crippen LogP contribution in [0.4, 0.5) is 5.69 Å². The fraction of sp³-hybridized carbons (Fsp3) is 0.429. The molecule has 0 spiro atoms. The Hall–Kier alpha value is -2.18. The van der Waals surface area contributed by atoms with Crippen LogP contribution in [0, 0.1) is 0 Å². The fourth-order valence-corrected chi connectivity index (χ4v) is 4.74. The van der Waals surface area contributed by atoms with E-state index < -0.39 is 0 Å². The molecule has 0 bridgehead atoms. The average Bonchev–Trinajstić information content (AvgIpc) is 3.17. The zero-order valence-corrected chi connectivity index (χ0v) is 16.5. The predicted molar refractivity (Wildman–Crippen MR) is 110 cm³/mol. The third-order valence-electron chi connectivity index (χ3n) is 5.21. The molecule has 27 heavy (non-hydrogen) atoms. The Morgan fingerprint density at radius 2 is 1.89 bits per heavy atom. The van der Waals surface area contributed by atoms with E-state index in [-0.39, 0.29) is 5.91 Å². The summed E-state index contributed by atoms with van der Waals surface area (Å²) in [5.74, 6) is -0.112. The molecule has 4 rings (SSSR count). The summed E-state index contributed by atoms with van der Waals surface area (Å²) in [6.07, 6.45) is 4.65. The second-order valence-corrected chi connectivity index (χ2v) is 8.19. The second-order valence-electron chi connectivity index (χ2n) is 7.05. The number of nitrogens with one attached hydrogen (secondary N) is 1. The van der Waals surface area contributed by atoms with Gasteiger partial charge in [0.1, 0.15) is 0 Å². The highest BCUT2D eigenvalue weighted by Crippen LogP contribution is 2.29. The molecule has 142 valence electrons. The minimum atomic E-state index is -0.112. The number of carbonyl (C=O) groups excluding carboxylic acids is 1. The van der Waals surface area contributed by atoms with Crippen molar-refractivity contribution in [3.8, 4) is 0 Å². The standard InChI is InChI=1S/C21H25N3O2S/c1-15(16-6-8-18(9-7-16)24-10-12-26-13-11-24)22-23-21(25)20-14-17-4-2-3-5-19(17)27-20/h6-9,14H,2-5,10-13H2,1H3,(H,23,25)/b22-15+. The third-order valence-corrected chi connectivity index (χ3v) is 6.44. The normalized spacial score (nSPS) is 17.5. The van der Waals surface area contributed by atoms with Gasteiger partial charge in [0, 0.05) is 23.7 Å². The first-order valence-electron chi connectivity index (χ1n) is 9.60. The number of rotatable bonds is 4. The van der Waals surface area contributed by atoms with E-state index in [0.717, 1.165) is 55.3 Å². The molecule has 0 radical (unpaired) electrons. The van der Waals surface area contributed by atoms with Gasteiger partial charge in [0.2, 0.25) is 0 Å². The number of thiophene rings is 1. The first kappa shape index (κ1) is 18.2.